The fourth-order valence-corrected chi connectivity index (χ4v) is 4.22. The Morgan fingerprint density at radius 1 is 1.00 bits per heavy atom. The lowest BCUT2D eigenvalue weighted by atomic mass is 9.74. The maximum Gasteiger partial charge on any atom is 0.318 e. The summed E-state index contributed by atoms with van der Waals surface area (Å²) in [4.78, 5) is 35.2. The lowest BCUT2D eigenvalue weighted by molar-refractivity contribution is -0.142. The van der Waals surface area contributed by atoms with Gasteiger partial charge in [0, 0.05) is 18.8 Å². The van der Waals surface area contributed by atoms with E-state index in [1.54, 1.807) is 0 Å². The summed E-state index contributed by atoms with van der Waals surface area (Å²) >= 11 is 0. The Labute approximate surface area is 169 Å². The summed E-state index contributed by atoms with van der Waals surface area (Å²) in [5, 5.41) is 0. The molecule has 0 aromatic heterocycles. The normalized spacial score (nSPS) is 22.4. The second-order valence-electron chi connectivity index (χ2n) is 9.76. The Kier molecular flexibility index (Phi) is 7.85. The predicted octanol–water partition coefficient (Wildman–Crippen LogP) is 4.98. The van der Waals surface area contributed by atoms with Crippen LogP contribution >= 0.6 is 0 Å². The molecule has 2 aliphatic rings. The second-order valence-corrected chi connectivity index (χ2v) is 9.76. The molecule has 0 radical (unpaired) electrons. The summed E-state index contributed by atoms with van der Waals surface area (Å²) in [5.41, 5.74) is -0.0549. The van der Waals surface area contributed by atoms with Gasteiger partial charge in [-0.1, -0.05) is 40.5 Å². The van der Waals surface area contributed by atoms with Gasteiger partial charge in [-0.05, 0) is 42.6 Å². The molecule has 0 aromatic rings. The quantitative estimate of drug-likeness (QED) is 0.346. The standard InChI is InChI=1S/C23H36O5/c1-22(2,17-15-20(25)28-16-17)12-7-5-9-18(24)10-6-8-13-23(3,4)19-11-14-27-21(19)26/h11,14,17,19H,5-10,12-13,15-16H2,1-4H3. The monoisotopic (exact) mass is 392 g/mol. The number of cyclic esters (lactones) is 2. The number of hydrogen-bond acceptors (Lipinski definition) is 5. The van der Waals surface area contributed by atoms with Crippen LogP contribution in [0.1, 0.15) is 85.5 Å². The fraction of sp³-hybridized carbons (Fsp3) is 0.783. The number of esters is 2. The van der Waals surface area contributed by atoms with Crippen LogP contribution in [0.4, 0.5) is 0 Å². The molecular weight excluding hydrogens is 356 g/mol. The highest BCUT2D eigenvalue weighted by Crippen LogP contribution is 2.38. The number of carbonyl (C=O) groups is 3. The third-order valence-electron chi connectivity index (χ3n) is 6.57. The molecule has 0 spiro atoms. The van der Waals surface area contributed by atoms with Crippen LogP contribution in [-0.2, 0) is 23.9 Å². The van der Waals surface area contributed by atoms with E-state index < -0.39 is 0 Å². The average molecular weight is 393 g/mol. The van der Waals surface area contributed by atoms with Crippen molar-refractivity contribution < 1.29 is 23.9 Å². The summed E-state index contributed by atoms with van der Waals surface area (Å²) in [7, 11) is 0. The number of ether oxygens (including phenoxy) is 2. The van der Waals surface area contributed by atoms with Crippen molar-refractivity contribution >= 4 is 17.7 Å². The van der Waals surface area contributed by atoms with Crippen LogP contribution in [-0.4, -0.2) is 24.3 Å². The first-order chi connectivity index (χ1) is 13.1. The van der Waals surface area contributed by atoms with E-state index in [9.17, 15) is 14.4 Å². The van der Waals surface area contributed by atoms with Crippen LogP contribution in [0.15, 0.2) is 12.3 Å². The first-order valence-corrected chi connectivity index (χ1v) is 10.7. The van der Waals surface area contributed by atoms with E-state index in [0.29, 0.717) is 37.6 Å². The molecule has 5 heteroatoms. The van der Waals surface area contributed by atoms with Gasteiger partial charge in [0.05, 0.1) is 25.2 Å². The lowest BCUT2D eigenvalue weighted by Gasteiger charge is -2.29. The maximum atomic E-state index is 12.1. The summed E-state index contributed by atoms with van der Waals surface area (Å²) in [6.07, 6.45) is 10.8. The molecule has 2 heterocycles. The summed E-state index contributed by atoms with van der Waals surface area (Å²) in [6.45, 7) is 9.09. The zero-order valence-corrected chi connectivity index (χ0v) is 17.9. The molecule has 0 aliphatic carbocycles. The number of Topliss-reactive ketones (excluding diaryl/α,β-unsaturated/α-hetero) is 1. The van der Waals surface area contributed by atoms with Gasteiger partial charge in [-0.15, -0.1) is 0 Å². The smallest absolute Gasteiger partial charge is 0.318 e. The molecular formula is C23H36O5. The van der Waals surface area contributed by atoms with Crippen molar-refractivity contribution in [2.45, 2.75) is 85.5 Å². The Balaban J connectivity index is 1.56. The minimum absolute atomic E-state index is 0.0800. The minimum atomic E-state index is -0.174. The molecule has 0 N–H and O–H groups in total. The number of ketones is 1. The topological polar surface area (TPSA) is 69.7 Å². The van der Waals surface area contributed by atoms with E-state index in [0.717, 1.165) is 38.5 Å². The molecule has 2 unspecified atom stereocenters. The van der Waals surface area contributed by atoms with E-state index in [1.807, 2.05) is 6.08 Å². The third kappa shape index (κ3) is 6.46. The summed E-state index contributed by atoms with van der Waals surface area (Å²) in [5.74, 6) is 0.197. The molecule has 0 aromatic carbocycles. The van der Waals surface area contributed by atoms with Crippen molar-refractivity contribution in [3.63, 3.8) is 0 Å². The lowest BCUT2D eigenvalue weighted by Crippen LogP contribution is -2.27. The number of carbonyl (C=O) groups excluding carboxylic acids is 3. The molecule has 1 fully saturated rings. The molecule has 0 bridgehead atoms. The highest BCUT2D eigenvalue weighted by molar-refractivity contribution is 5.78. The zero-order chi connectivity index (χ0) is 20.8. The highest BCUT2D eigenvalue weighted by Gasteiger charge is 2.37. The summed E-state index contributed by atoms with van der Waals surface area (Å²) in [6, 6.07) is 0. The molecule has 0 saturated carbocycles. The van der Waals surface area contributed by atoms with Crippen LogP contribution in [0.5, 0.6) is 0 Å². The zero-order valence-electron chi connectivity index (χ0n) is 17.9. The number of hydrogen-bond donors (Lipinski definition) is 0. The molecule has 1 saturated heterocycles. The highest BCUT2D eigenvalue weighted by atomic mass is 16.5. The Morgan fingerprint density at radius 2 is 1.61 bits per heavy atom. The minimum Gasteiger partial charge on any atom is -0.465 e. The van der Waals surface area contributed by atoms with Gasteiger partial charge in [0.15, 0.2) is 0 Å². The SMILES string of the molecule is CC(C)(CCCCC(=O)CCCCC(C)(C)C1C=COC1=O)C1COC(=O)C1. The largest absolute Gasteiger partial charge is 0.465 e. The molecule has 158 valence electrons. The van der Waals surface area contributed by atoms with Gasteiger partial charge < -0.3 is 9.47 Å². The average Bonchev–Trinajstić information content (AvgIpc) is 3.25. The van der Waals surface area contributed by atoms with E-state index in [-0.39, 0.29) is 28.7 Å². The van der Waals surface area contributed by atoms with Crippen LogP contribution in [0.3, 0.4) is 0 Å². The molecule has 2 atom stereocenters. The van der Waals surface area contributed by atoms with Gasteiger partial charge in [0.25, 0.3) is 0 Å². The molecule has 0 amide bonds. The predicted molar refractivity (Wildman–Crippen MR) is 107 cm³/mol. The Bertz CT molecular complexity index is 602. The molecule has 2 aliphatic heterocycles. The van der Waals surface area contributed by atoms with Crippen molar-refractivity contribution in [2.24, 2.45) is 22.7 Å². The van der Waals surface area contributed by atoms with Crippen LogP contribution < -0.4 is 0 Å². The van der Waals surface area contributed by atoms with E-state index in [4.69, 9.17) is 9.47 Å². The van der Waals surface area contributed by atoms with Crippen molar-refractivity contribution in [2.75, 3.05) is 6.61 Å². The van der Waals surface area contributed by atoms with Crippen molar-refractivity contribution in [1.82, 2.24) is 0 Å². The van der Waals surface area contributed by atoms with Gasteiger partial charge in [0.2, 0.25) is 0 Å². The van der Waals surface area contributed by atoms with Gasteiger partial charge in [0.1, 0.15) is 5.78 Å². The van der Waals surface area contributed by atoms with E-state index in [2.05, 4.69) is 27.7 Å². The number of unbranched alkanes of at least 4 members (excludes halogenated alkanes) is 2. The molecule has 28 heavy (non-hydrogen) atoms. The van der Waals surface area contributed by atoms with Crippen LogP contribution in [0.2, 0.25) is 0 Å². The number of rotatable bonds is 12. The van der Waals surface area contributed by atoms with Gasteiger partial charge >= 0.3 is 11.9 Å². The Morgan fingerprint density at radius 3 is 2.11 bits per heavy atom. The Hall–Kier alpha value is -1.65. The maximum absolute atomic E-state index is 12.1. The fourth-order valence-electron chi connectivity index (χ4n) is 4.22. The van der Waals surface area contributed by atoms with Crippen LogP contribution in [0, 0.1) is 22.7 Å². The van der Waals surface area contributed by atoms with Crippen LogP contribution in [0.25, 0.3) is 0 Å². The van der Waals surface area contributed by atoms with E-state index in [1.165, 1.54) is 6.26 Å². The second kappa shape index (κ2) is 9.71. The molecule has 5 nitrogen and oxygen atoms in total. The van der Waals surface area contributed by atoms with Crippen molar-refractivity contribution in [1.29, 1.82) is 0 Å². The summed E-state index contributed by atoms with van der Waals surface area (Å²) < 4.78 is 10.0. The van der Waals surface area contributed by atoms with Gasteiger partial charge in [-0.3, -0.25) is 14.4 Å². The first-order valence-electron chi connectivity index (χ1n) is 10.7. The molecule has 2 rings (SSSR count). The van der Waals surface area contributed by atoms with Crippen molar-refractivity contribution in [3.05, 3.63) is 12.3 Å². The first kappa shape index (κ1) is 22.6. The van der Waals surface area contributed by atoms with Gasteiger partial charge in [-0.2, -0.15) is 0 Å². The third-order valence-corrected chi connectivity index (χ3v) is 6.57. The van der Waals surface area contributed by atoms with Gasteiger partial charge in [-0.25, -0.2) is 0 Å². The van der Waals surface area contributed by atoms with Crippen molar-refractivity contribution in [3.8, 4) is 0 Å². The van der Waals surface area contributed by atoms with E-state index >= 15 is 0 Å².